The lowest BCUT2D eigenvalue weighted by Gasteiger charge is -2.19. The van der Waals surface area contributed by atoms with Gasteiger partial charge in [0.15, 0.2) is 0 Å². The van der Waals surface area contributed by atoms with Gasteiger partial charge in [0.25, 0.3) is 0 Å². The van der Waals surface area contributed by atoms with Gasteiger partial charge in [0.2, 0.25) is 0 Å². The smallest absolute Gasteiger partial charge is 0.149 e. The van der Waals surface area contributed by atoms with E-state index in [9.17, 15) is 8.42 Å². The predicted molar refractivity (Wildman–Crippen MR) is 77.9 cm³/mol. The van der Waals surface area contributed by atoms with Crippen LogP contribution in [0.25, 0.3) is 0 Å². The molecular weight excluding hydrogens is 334 g/mol. The first-order valence-corrected chi connectivity index (χ1v) is 8.85. The fraction of sp³-hybridized carbons (Fsp3) is 0.727. The molecule has 8 heteroatoms. The monoisotopic (exact) mass is 353 g/mol. The Morgan fingerprint density at radius 2 is 2.26 bits per heavy atom. The summed E-state index contributed by atoms with van der Waals surface area (Å²) in [5, 5.41) is 7.43. The number of hydrogen-bond acceptors (Lipinski definition) is 5. The molecule has 1 N–H and O–H groups in total. The zero-order valence-corrected chi connectivity index (χ0v) is 13.8. The summed E-state index contributed by atoms with van der Waals surface area (Å²) >= 11 is 3.43. The topological polar surface area (TPSA) is 73.2 Å². The van der Waals surface area contributed by atoms with Gasteiger partial charge in [-0.15, -0.1) is 0 Å². The molecule has 1 unspecified atom stereocenters. The highest BCUT2D eigenvalue weighted by Crippen LogP contribution is 2.24. The molecule has 0 aliphatic heterocycles. The van der Waals surface area contributed by atoms with Crippen LogP contribution in [-0.4, -0.2) is 50.5 Å². The molecule has 1 rings (SSSR count). The third kappa shape index (κ3) is 5.21. The van der Waals surface area contributed by atoms with E-state index in [4.69, 9.17) is 4.74 Å². The van der Waals surface area contributed by atoms with Crippen LogP contribution in [0.3, 0.4) is 0 Å². The molecule has 0 aromatic carbocycles. The minimum atomic E-state index is -3.08. The van der Waals surface area contributed by atoms with Gasteiger partial charge in [-0.05, 0) is 22.5 Å². The summed E-state index contributed by atoms with van der Waals surface area (Å²) in [5.74, 6) is 0.0398. The van der Waals surface area contributed by atoms with E-state index in [1.807, 2.05) is 6.92 Å². The van der Waals surface area contributed by atoms with Gasteiger partial charge in [0.1, 0.15) is 9.84 Å². The summed E-state index contributed by atoms with van der Waals surface area (Å²) in [5.41, 5.74) is 0.837. The maximum Gasteiger partial charge on any atom is 0.149 e. The molecule has 0 aliphatic carbocycles. The molecule has 1 atom stereocenters. The molecule has 0 saturated carbocycles. The van der Waals surface area contributed by atoms with Gasteiger partial charge in [0, 0.05) is 13.4 Å². The van der Waals surface area contributed by atoms with Crippen molar-refractivity contribution in [3.8, 4) is 0 Å². The fourth-order valence-electron chi connectivity index (χ4n) is 1.86. The van der Waals surface area contributed by atoms with Crippen molar-refractivity contribution in [1.29, 1.82) is 0 Å². The quantitative estimate of drug-likeness (QED) is 0.754. The van der Waals surface area contributed by atoms with Crippen molar-refractivity contribution >= 4 is 25.8 Å². The van der Waals surface area contributed by atoms with Crippen LogP contribution in [0.15, 0.2) is 10.7 Å². The van der Waals surface area contributed by atoms with Crippen molar-refractivity contribution < 1.29 is 13.2 Å². The highest BCUT2D eigenvalue weighted by Gasteiger charge is 2.23. The Balaban J connectivity index is 3.03. The van der Waals surface area contributed by atoms with Crippen LogP contribution in [0.4, 0.5) is 0 Å². The van der Waals surface area contributed by atoms with Gasteiger partial charge in [-0.2, -0.15) is 5.10 Å². The molecule has 1 heterocycles. The molecule has 0 spiro atoms. The molecule has 0 bridgehead atoms. The molecule has 0 fully saturated rings. The Labute approximate surface area is 122 Å². The van der Waals surface area contributed by atoms with E-state index in [0.29, 0.717) is 19.7 Å². The van der Waals surface area contributed by atoms with Crippen molar-refractivity contribution in [2.45, 2.75) is 19.5 Å². The molecule has 0 aliphatic rings. The number of methoxy groups -OCH3 is 1. The molecular formula is C11H20BrN3O3S. The van der Waals surface area contributed by atoms with Gasteiger partial charge >= 0.3 is 0 Å². The van der Waals surface area contributed by atoms with E-state index in [1.54, 1.807) is 18.0 Å². The van der Waals surface area contributed by atoms with Gasteiger partial charge in [-0.3, -0.25) is 4.68 Å². The average Bonchev–Trinajstić information content (AvgIpc) is 2.65. The number of aromatic nitrogens is 2. The summed E-state index contributed by atoms with van der Waals surface area (Å²) in [6.07, 6.45) is 2.92. The van der Waals surface area contributed by atoms with Crippen LogP contribution in [0, 0.1) is 0 Å². The van der Waals surface area contributed by atoms with Crippen LogP contribution >= 0.6 is 15.9 Å². The summed E-state index contributed by atoms with van der Waals surface area (Å²) in [6.45, 7) is 3.74. The van der Waals surface area contributed by atoms with E-state index in [0.717, 1.165) is 10.2 Å². The largest absolute Gasteiger partial charge is 0.383 e. The Bertz CT molecular complexity index is 501. The summed E-state index contributed by atoms with van der Waals surface area (Å²) < 4.78 is 30.7. The van der Waals surface area contributed by atoms with Gasteiger partial charge in [-0.25, -0.2) is 8.42 Å². The summed E-state index contributed by atoms with van der Waals surface area (Å²) in [4.78, 5) is 0. The van der Waals surface area contributed by atoms with Crippen LogP contribution < -0.4 is 5.32 Å². The fourth-order valence-corrected chi connectivity index (χ4v) is 3.31. The maximum atomic E-state index is 11.5. The zero-order valence-electron chi connectivity index (χ0n) is 11.4. The second kappa shape index (κ2) is 7.37. The van der Waals surface area contributed by atoms with E-state index < -0.39 is 9.84 Å². The lowest BCUT2D eigenvalue weighted by atomic mass is 10.2. The Morgan fingerprint density at radius 3 is 2.79 bits per heavy atom. The predicted octanol–water partition coefficient (Wildman–Crippen LogP) is 0.987. The Kier molecular flexibility index (Phi) is 6.45. The number of rotatable bonds is 8. The zero-order chi connectivity index (χ0) is 14.5. The van der Waals surface area contributed by atoms with Crippen LogP contribution in [0.1, 0.15) is 18.7 Å². The number of nitrogens with zero attached hydrogens (tertiary/aromatic N) is 2. The van der Waals surface area contributed by atoms with E-state index >= 15 is 0 Å². The Morgan fingerprint density at radius 1 is 1.58 bits per heavy atom. The number of nitrogens with one attached hydrogen (secondary N) is 1. The molecule has 0 radical (unpaired) electrons. The van der Waals surface area contributed by atoms with Crippen LogP contribution in [0.2, 0.25) is 0 Å². The second-order valence-electron chi connectivity index (χ2n) is 4.30. The summed E-state index contributed by atoms with van der Waals surface area (Å²) in [7, 11) is -1.46. The molecule has 6 nitrogen and oxygen atoms in total. The van der Waals surface area contributed by atoms with Crippen LogP contribution in [-0.2, 0) is 21.1 Å². The highest BCUT2D eigenvalue weighted by molar-refractivity contribution is 9.10. The van der Waals surface area contributed by atoms with Crippen LogP contribution in [0.5, 0.6) is 0 Å². The minimum Gasteiger partial charge on any atom is -0.383 e. The molecule has 0 saturated heterocycles. The van der Waals surface area contributed by atoms with E-state index in [2.05, 4.69) is 26.3 Å². The number of sulfone groups is 1. The molecule has 19 heavy (non-hydrogen) atoms. The first-order chi connectivity index (χ1) is 8.89. The van der Waals surface area contributed by atoms with Gasteiger partial charge < -0.3 is 10.1 Å². The third-order valence-electron chi connectivity index (χ3n) is 2.59. The molecule has 1 aromatic heterocycles. The van der Waals surface area contributed by atoms with Gasteiger partial charge in [-0.1, -0.05) is 6.92 Å². The molecule has 110 valence electrons. The standard InChI is InChI=1S/C11H20BrN3O3S/c1-4-13-10(8-19(3,16)17)11-9(12)7-14-15(11)5-6-18-2/h7,10,13H,4-6,8H2,1-3H3. The Hall–Kier alpha value is -0.440. The number of hydrogen-bond donors (Lipinski definition) is 1. The number of ether oxygens (including phenoxy) is 1. The van der Waals surface area contributed by atoms with E-state index in [1.165, 1.54) is 6.26 Å². The van der Waals surface area contributed by atoms with Crippen molar-refractivity contribution in [3.63, 3.8) is 0 Å². The average molecular weight is 354 g/mol. The van der Waals surface area contributed by atoms with Gasteiger partial charge in [0.05, 0.1) is 41.3 Å². The maximum absolute atomic E-state index is 11.5. The number of halogens is 1. The van der Waals surface area contributed by atoms with Crippen molar-refractivity contribution in [2.75, 3.05) is 32.3 Å². The van der Waals surface area contributed by atoms with Crippen molar-refractivity contribution in [3.05, 3.63) is 16.4 Å². The second-order valence-corrected chi connectivity index (χ2v) is 7.34. The third-order valence-corrected chi connectivity index (χ3v) is 4.14. The highest BCUT2D eigenvalue weighted by atomic mass is 79.9. The van der Waals surface area contributed by atoms with Crippen molar-refractivity contribution in [2.24, 2.45) is 0 Å². The van der Waals surface area contributed by atoms with E-state index in [-0.39, 0.29) is 11.8 Å². The minimum absolute atomic E-state index is 0.0398. The summed E-state index contributed by atoms with van der Waals surface area (Å²) in [6, 6.07) is -0.284. The lowest BCUT2D eigenvalue weighted by molar-refractivity contribution is 0.181. The lowest BCUT2D eigenvalue weighted by Crippen LogP contribution is -2.30. The molecule has 1 aromatic rings. The molecule has 0 amide bonds. The first kappa shape index (κ1) is 16.6. The van der Waals surface area contributed by atoms with Crippen molar-refractivity contribution in [1.82, 2.24) is 15.1 Å². The SMILES string of the molecule is CCNC(CS(C)(=O)=O)c1c(Br)cnn1CCOC. The normalized spacial score (nSPS) is 13.7. The first-order valence-electron chi connectivity index (χ1n) is 6.00.